The third-order valence-corrected chi connectivity index (χ3v) is 2.93. The summed E-state index contributed by atoms with van der Waals surface area (Å²) < 4.78 is 1.54. The molecule has 2 heterocycles. The Morgan fingerprint density at radius 2 is 2.06 bits per heavy atom. The first-order valence-corrected chi connectivity index (χ1v) is 5.44. The molecule has 84 valence electrons. The van der Waals surface area contributed by atoms with Crippen LogP contribution in [0.15, 0.2) is 29.3 Å². The smallest absolute Gasteiger partial charge is 0.267 e. The predicted octanol–water partition coefficient (Wildman–Crippen LogP) is 2.01. The minimum absolute atomic E-state index is 0.0631. The fourth-order valence-corrected chi connectivity index (χ4v) is 1.57. The van der Waals surface area contributed by atoms with Crippen molar-refractivity contribution in [3.8, 4) is 0 Å². The minimum Gasteiger partial charge on any atom is -0.267 e. The summed E-state index contributed by atoms with van der Waals surface area (Å²) in [5.41, 5.74) is 0.589. The van der Waals surface area contributed by atoms with E-state index in [1.165, 1.54) is 4.68 Å². The highest BCUT2D eigenvalue weighted by molar-refractivity contribution is 5.75. The van der Waals surface area contributed by atoms with E-state index in [-0.39, 0.29) is 11.6 Å². The number of aromatic nitrogens is 3. The molecule has 0 aromatic carbocycles. The number of hydrogen-bond acceptors (Lipinski definition) is 3. The Hall–Kier alpha value is -1.71. The van der Waals surface area contributed by atoms with Gasteiger partial charge in [-0.05, 0) is 25.0 Å². The summed E-state index contributed by atoms with van der Waals surface area (Å²) in [7, 11) is 0. The van der Waals surface area contributed by atoms with E-state index in [0.717, 1.165) is 0 Å². The molecule has 1 atom stereocenters. The summed E-state index contributed by atoms with van der Waals surface area (Å²) in [5, 5.41) is 4.80. The number of hydrogen-bond donors (Lipinski definition) is 0. The van der Waals surface area contributed by atoms with Crippen molar-refractivity contribution in [2.24, 2.45) is 5.92 Å². The van der Waals surface area contributed by atoms with Crippen molar-refractivity contribution in [2.75, 3.05) is 0 Å². The van der Waals surface area contributed by atoms with Crippen LogP contribution in [-0.4, -0.2) is 14.8 Å². The lowest BCUT2D eigenvalue weighted by Crippen LogP contribution is -2.28. The van der Waals surface area contributed by atoms with E-state index in [4.69, 9.17) is 0 Å². The van der Waals surface area contributed by atoms with E-state index in [0.29, 0.717) is 16.8 Å². The lowest BCUT2D eigenvalue weighted by molar-refractivity contribution is 0.362. The summed E-state index contributed by atoms with van der Waals surface area (Å²) >= 11 is 0. The quantitative estimate of drug-likeness (QED) is 0.773. The van der Waals surface area contributed by atoms with Crippen LogP contribution in [0.2, 0.25) is 0 Å². The van der Waals surface area contributed by atoms with E-state index in [2.05, 4.69) is 23.9 Å². The zero-order valence-corrected chi connectivity index (χ0v) is 9.71. The van der Waals surface area contributed by atoms with Crippen LogP contribution in [0.1, 0.15) is 26.8 Å². The molecule has 4 heteroatoms. The average molecular weight is 217 g/mol. The van der Waals surface area contributed by atoms with E-state index in [1.54, 1.807) is 24.5 Å². The molecule has 0 N–H and O–H groups in total. The van der Waals surface area contributed by atoms with Gasteiger partial charge in [-0.1, -0.05) is 13.8 Å². The van der Waals surface area contributed by atoms with Gasteiger partial charge in [0, 0.05) is 6.20 Å². The van der Waals surface area contributed by atoms with Crippen molar-refractivity contribution >= 4 is 10.9 Å². The molecule has 0 fully saturated rings. The predicted molar refractivity (Wildman–Crippen MR) is 63.3 cm³/mol. The average Bonchev–Trinajstić information content (AvgIpc) is 2.29. The second-order valence-electron chi connectivity index (χ2n) is 4.32. The van der Waals surface area contributed by atoms with Crippen LogP contribution in [0.5, 0.6) is 0 Å². The number of rotatable bonds is 2. The lowest BCUT2D eigenvalue weighted by atomic mass is 10.1. The van der Waals surface area contributed by atoms with Gasteiger partial charge < -0.3 is 0 Å². The van der Waals surface area contributed by atoms with E-state index >= 15 is 0 Å². The SMILES string of the molecule is CC(C)C(C)n1ncc2ncccc2c1=O. The second kappa shape index (κ2) is 4.04. The van der Waals surface area contributed by atoms with Crippen molar-refractivity contribution in [1.82, 2.24) is 14.8 Å². The van der Waals surface area contributed by atoms with Crippen molar-refractivity contribution < 1.29 is 0 Å². The summed E-state index contributed by atoms with van der Waals surface area (Å²) in [4.78, 5) is 16.2. The van der Waals surface area contributed by atoms with E-state index in [1.807, 2.05) is 6.92 Å². The van der Waals surface area contributed by atoms with Crippen molar-refractivity contribution in [3.63, 3.8) is 0 Å². The Labute approximate surface area is 93.9 Å². The minimum atomic E-state index is -0.0631. The maximum absolute atomic E-state index is 12.1. The van der Waals surface area contributed by atoms with E-state index in [9.17, 15) is 4.79 Å². The molecular weight excluding hydrogens is 202 g/mol. The molecule has 2 aromatic heterocycles. The Balaban J connectivity index is 2.66. The Morgan fingerprint density at radius 1 is 1.31 bits per heavy atom. The molecule has 0 aliphatic rings. The molecule has 16 heavy (non-hydrogen) atoms. The number of fused-ring (bicyclic) bond motifs is 1. The van der Waals surface area contributed by atoms with Gasteiger partial charge in [-0.3, -0.25) is 9.78 Å². The van der Waals surface area contributed by atoms with Gasteiger partial charge in [0.2, 0.25) is 0 Å². The fourth-order valence-electron chi connectivity index (χ4n) is 1.57. The fraction of sp³-hybridized carbons (Fsp3) is 0.417. The van der Waals surface area contributed by atoms with E-state index < -0.39 is 0 Å². The molecule has 4 nitrogen and oxygen atoms in total. The summed E-state index contributed by atoms with van der Waals surface area (Å²) in [6.07, 6.45) is 3.31. The maximum Gasteiger partial charge on any atom is 0.276 e. The van der Waals surface area contributed by atoms with Crippen LogP contribution in [-0.2, 0) is 0 Å². The van der Waals surface area contributed by atoms with Gasteiger partial charge in [0.25, 0.3) is 5.56 Å². The van der Waals surface area contributed by atoms with Gasteiger partial charge in [0.05, 0.1) is 23.1 Å². The number of nitrogens with zero attached hydrogens (tertiary/aromatic N) is 3. The van der Waals surface area contributed by atoms with Crippen molar-refractivity contribution in [1.29, 1.82) is 0 Å². The van der Waals surface area contributed by atoms with Gasteiger partial charge in [-0.2, -0.15) is 5.10 Å². The van der Waals surface area contributed by atoms with Crippen molar-refractivity contribution in [3.05, 3.63) is 34.9 Å². The third kappa shape index (κ3) is 1.71. The molecule has 0 saturated carbocycles. The van der Waals surface area contributed by atoms with Gasteiger partial charge in [0.15, 0.2) is 0 Å². The molecule has 2 rings (SSSR count). The molecule has 1 unspecified atom stereocenters. The first-order valence-electron chi connectivity index (χ1n) is 5.44. The number of pyridine rings is 1. The molecule has 0 radical (unpaired) electrons. The Morgan fingerprint density at radius 3 is 2.75 bits per heavy atom. The molecule has 0 aliphatic heterocycles. The van der Waals surface area contributed by atoms with Crippen LogP contribution in [0.25, 0.3) is 10.9 Å². The van der Waals surface area contributed by atoms with Crippen LogP contribution in [0, 0.1) is 5.92 Å². The monoisotopic (exact) mass is 217 g/mol. The molecular formula is C12H15N3O. The molecule has 0 spiro atoms. The first-order chi connectivity index (χ1) is 7.61. The van der Waals surface area contributed by atoms with Crippen LogP contribution in [0.3, 0.4) is 0 Å². The molecule has 0 amide bonds. The second-order valence-corrected chi connectivity index (χ2v) is 4.32. The third-order valence-electron chi connectivity index (χ3n) is 2.93. The zero-order valence-electron chi connectivity index (χ0n) is 9.71. The summed E-state index contributed by atoms with van der Waals surface area (Å²) in [6.45, 7) is 6.15. The van der Waals surface area contributed by atoms with Crippen LogP contribution < -0.4 is 5.56 Å². The van der Waals surface area contributed by atoms with Crippen LogP contribution >= 0.6 is 0 Å². The molecule has 0 bridgehead atoms. The Kier molecular flexibility index (Phi) is 2.73. The lowest BCUT2D eigenvalue weighted by Gasteiger charge is -2.17. The van der Waals surface area contributed by atoms with Crippen LogP contribution in [0.4, 0.5) is 0 Å². The highest BCUT2D eigenvalue weighted by Gasteiger charge is 2.13. The highest BCUT2D eigenvalue weighted by Crippen LogP contribution is 2.14. The zero-order chi connectivity index (χ0) is 11.7. The topological polar surface area (TPSA) is 47.8 Å². The molecule has 2 aromatic rings. The maximum atomic E-state index is 12.1. The van der Waals surface area contributed by atoms with Gasteiger partial charge in [0.1, 0.15) is 0 Å². The van der Waals surface area contributed by atoms with Crippen molar-refractivity contribution in [2.45, 2.75) is 26.8 Å². The Bertz CT molecular complexity index is 559. The highest BCUT2D eigenvalue weighted by atomic mass is 16.1. The summed E-state index contributed by atoms with van der Waals surface area (Å²) in [6, 6.07) is 3.65. The van der Waals surface area contributed by atoms with Gasteiger partial charge >= 0.3 is 0 Å². The van der Waals surface area contributed by atoms with Gasteiger partial charge in [-0.25, -0.2) is 4.68 Å². The van der Waals surface area contributed by atoms with Gasteiger partial charge in [-0.15, -0.1) is 0 Å². The molecule has 0 aliphatic carbocycles. The molecule has 0 saturated heterocycles. The standard InChI is InChI=1S/C12H15N3O/c1-8(2)9(3)15-12(16)10-5-4-6-13-11(10)7-14-15/h4-9H,1-3H3. The normalized spacial score (nSPS) is 13.2. The summed E-state index contributed by atoms with van der Waals surface area (Å²) in [5.74, 6) is 0.374. The first kappa shape index (κ1) is 10.8. The largest absolute Gasteiger partial charge is 0.276 e.